The molecule has 7 nitrogen and oxygen atoms in total. The normalized spacial score (nSPS) is 12.0. The van der Waals surface area contributed by atoms with Gasteiger partial charge in [-0.25, -0.2) is 0 Å². The molecule has 0 aliphatic carbocycles. The van der Waals surface area contributed by atoms with Crippen LogP contribution in [0.25, 0.3) is 10.9 Å². The lowest BCUT2D eigenvalue weighted by molar-refractivity contribution is -0.138. The number of H-pyrrole nitrogens is 1. The lowest BCUT2D eigenvalue weighted by atomic mass is 10.1. The topological polar surface area (TPSA) is 101 Å². The molecule has 0 spiro atoms. The maximum Gasteiger partial charge on any atom is 0.320 e. The molecule has 0 unspecified atom stereocenters. The van der Waals surface area contributed by atoms with E-state index < -0.39 is 12.0 Å². The predicted octanol–water partition coefficient (Wildman–Crippen LogP) is 6.75. The number of carboxylic acids is 1. The highest BCUT2D eigenvalue weighted by Gasteiger charge is 2.19. The first-order chi connectivity index (χ1) is 20.9. The van der Waals surface area contributed by atoms with Crippen molar-refractivity contribution in [1.29, 1.82) is 0 Å². The van der Waals surface area contributed by atoms with Crippen LogP contribution in [0.5, 0.6) is 11.5 Å². The number of hydrogen-bond donors (Lipinski definition) is 3. The van der Waals surface area contributed by atoms with Crippen molar-refractivity contribution in [2.45, 2.75) is 52.6 Å². The van der Waals surface area contributed by atoms with Crippen molar-refractivity contribution in [3.8, 4) is 11.5 Å². The average molecular weight is 578 g/mol. The van der Waals surface area contributed by atoms with Crippen molar-refractivity contribution in [3.05, 3.63) is 131 Å². The van der Waals surface area contributed by atoms with E-state index in [-0.39, 0.29) is 0 Å². The first-order valence-electron chi connectivity index (χ1n) is 14.6. The molecular weight excluding hydrogens is 538 g/mol. The number of nitrogens with one attached hydrogen (secondary N) is 1. The molecule has 0 aliphatic rings. The van der Waals surface area contributed by atoms with Crippen LogP contribution in [0.4, 0.5) is 0 Å². The van der Waals surface area contributed by atoms with E-state index in [0.29, 0.717) is 39.3 Å². The first-order valence-corrected chi connectivity index (χ1v) is 14.6. The Bertz CT molecular complexity index is 1680. The van der Waals surface area contributed by atoms with E-state index in [4.69, 9.17) is 15.2 Å². The summed E-state index contributed by atoms with van der Waals surface area (Å²) in [6.45, 7) is 6.64. The van der Waals surface area contributed by atoms with Crippen molar-refractivity contribution in [3.63, 3.8) is 0 Å². The fourth-order valence-electron chi connectivity index (χ4n) is 5.28. The second-order valence-electron chi connectivity index (χ2n) is 11.1. The number of nitrogens with zero attached hydrogens (tertiary/aromatic N) is 1. The van der Waals surface area contributed by atoms with E-state index >= 15 is 0 Å². The molecule has 1 atom stereocenters. The van der Waals surface area contributed by atoms with Gasteiger partial charge in [-0.2, -0.15) is 0 Å². The number of para-hydroxylation sites is 1. The smallest absolute Gasteiger partial charge is 0.320 e. The highest BCUT2D eigenvalue weighted by Crippen LogP contribution is 2.32. The summed E-state index contributed by atoms with van der Waals surface area (Å²) in [4.78, 5) is 17.1. The Kier molecular flexibility index (Phi) is 9.77. The summed E-state index contributed by atoms with van der Waals surface area (Å²) in [5.41, 5.74) is 13.6. The third-order valence-corrected chi connectivity index (χ3v) is 7.54. The zero-order valence-corrected chi connectivity index (χ0v) is 24.8. The van der Waals surface area contributed by atoms with Gasteiger partial charge in [0.1, 0.15) is 30.8 Å². The van der Waals surface area contributed by atoms with Gasteiger partial charge in [0, 0.05) is 47.9 Å². The molecule has 0 bridgehead atoms. The third kappa shape index (κ3) is 8.03. The summed E-state index contributed by atoms with van der Waals surface area (Å²) in [7, 11) is 0. The van der Waals surface area contributed by atoms with E-state index in [9.17, 15) is 9.90 Å². The monoisotopic (exact) mass is 577 g/mol. The van der Waals surface area contributed by atoms with E-state index in [2.05, 4.69) is 78.3 Å². The van der Waals surface area contributed by atoms with Gasteiger partial charge in [-0.15, -0.1) is 0 Å². The number of aryl methyl sites for hydroxylation is 2. The molecular formula is C36H39N3O4. The maximum atomic E-state index is 11.6. The third-order valence-electron chi connectivity index (χ3n) is 7.54. The average Bonchev–Trinajstić information content (AvgIpc) is 3.48. The first kappa shape index (κ1) is 29.9. The molecule has 222 valence electrons. The molecule has 0 saturated carbocycles. The maximum absolute atomic E-state index is 11.6. The van der Waals surface area contributed by atoms with Crippen LogP contribution in [0.15, 0.2) is 97.2 Å². The summed E-state index contributed by atoms with van der Waals surface area (Å²) in [6.07, 6.45) is 2.23. The number of carbonyl (C=O) groups is 1. The molecule has 0 fully saturated rings. The SMILES string of the molecule is Cc1cccc(COc2ccccc2CN(CC[C@H](N)C(=O)O)Cc2ccc3[nH]ccc3c2OCc2cccc(C)c2)c1. The van der Waals surface area contributed by atoms with Crippen molar-refractivity contribution >= 4 is 16.9 Å². The minimum atomic E-state index is -1.00. The molecule has 0 aliphatic heterocycles. The van der Waals surface area contributed by atoms with Crippen LogP contribution in [-0.2, 0) is 31.1 Å². The van der Waals surface area contributed by atoms with Crippen molar-refractivity contribution in [2.24, 2.45) is 5.73 Å². The Morgan fingerprint density at radius 3 is 2.21 bits per heavy atom. The number of rotatable bonds is 14. The van der Waals surface area contributed by atoms with Crippen LogP contribution in [-0.4, -0.2) is 33.5 Å². The van der Waals surface area contributed by atoms with E-state index in [0.717, 1.165) is 44.7 Å². The summed E-state index contributed by atoms with van der Waals surface area (Å²) in [5, 5.41) is 10.5. The lowest BCUT2D eigenvalue weighted by Crippen LogP contribution is -2.35. The minimum absolute atomic E-state index is 0.313. The standard InChI is InChI=1S/C36H39N3O4/c1-25-7-5-9-27(19-25)23-42-34-12-4-3-11-29(34)21-39(18-16-32(37)36(40)41)22-30-13-14-33-31(15-17-38-33)35(30)43-24-28-10-6-8-26(2)20-28/h3-15,17,19-20,32,38H,16,18,21-24,37H2,1-2H3,(H,40,41)/t32-/m0/s1. The van der Waals surface area contributed by atoms with Crippen molar-refractivity contribution < 1.29 is 19.4 Å². The number of fused-ring (bicyclic) bond motifs is 1. The Hall–Kier alpha value is -4.59. The molecule has 5 aromatic rings. The van der Waals surface area contributed by atoms with E-state index in [1.165, 1.54) is 11.1 Å². The fourth-order valence-corrected chi connectivity index (χ4v) is 5.28. The second-order valence-corrected chi connectivity index (χ2v) is 11.1. The number of carboxylic acid groups (broad SMARTS) is 1. The van der Waals surface area contributed by atoms with Gasteiger partial charge in [0.25, 0.3) is 0 Å². The summed E-state index contributed by atoms with van der Waals surface area (Å²) < 4.78 is 12.8. The van der Waals surface area contributed by atoms with Gasteiger partial charge >= 0.3 is 5.97 Å². The quantitative estimate of drug-likeness (QED) is 0.135. The molecule has 4 aromatic carbocycles. The molecule has 5 rings (SSSR count). The highest BCUT2D eigenvalue weighted by molar-refractivity contribution is 5.87. The van der Waals surface area contributed by atoms with Gasteiger partial charge < -0.3 is 25.3 Å². The summed E-state index contributed by atoms with van der Waals surface area (Å²) >= 11 is 0. The Labute approximate surface area is 252 Å². The van der Waals surface area contributed by atoms with Gasteiger partial charge in [0.2, 0.25) is 0 Å². The number of aromatic nitrogens is 1. The van der Waals surface area contributed by atoms with Crippen LogP contribution >= 0.6 is 0 Å². The molecule has 43 heavy (non-hydrogen) atoms. The molecule has 0 radical (unpaired) electrons. The molecule has 4 N–H and O–H groups in total. The van der Waals surface area contributed by atoms with Crippen molar-refractivity contribution in [1.82, 2.24) is 9.88 Å². The molecule has 7 heteroatoms. The fraction of sp³-hybridized carbons (Fsp3) is 0.250. The van der Waals surface area contributed by atoms with Crippen LogP contribution < -0.4 is 15.2 Å². The number of aromatic amines is 1. The summed E-state index contributed by atoms with van der Waals surface area (Å²) in [5.74, 6) is 0.614. The van der Waals surface area contributed by atoms with E-state index in [1.807, 2.05) is 42.6 Å². The Balaban J connectivity index is 1.40. The number of nitrogens with two attached hydrogens (primary N) is 1. The minimum Gasteiger partial charge on any atom is -0.489 e. The van der Waals surface area contributed by atoms with Gasteiger partial charge in [-0.3, -0.25) is 9.69 Å². The van der Waals surface area contributed by atoms with Crippen LogP contribution in [0.3, 0.4) is 0 Å². The highest BCUT2D eigenvalue weighted by atomic mass is 16.5. The van der Waals surface area contributed by atoms with Gasteiger partial charge in [-0.05, 0) is 49.6 Å². The number of hydrogen-bond acceptors (Lipinski definition) is 5. The van der Waals surface area contributed by atoms with Crippen molar-refractivity contribution in [2.75, 3.05) is 6.54 Å². The lowest BCUT2D eigenvalue weighted by Gasteiger charge is -2.26. The second kappa shape index (κ2) is 14.1. The zero-order chi connectivity index (χ0) is 30.2. The number of ether oxygens (including phenoxy) is 2. The van der Waals surface area contributed by atoms with Gasteiger partial charge in [0.15, 0.2) is 0 Å². The molecule has 1 aromatic heterocycles. The van der Waals surface area contributed by atoms with Gasteiger partial charge in [0.05, 0.1) is 0 Å². The zero-order valence-electron chi connectivity index (χ0n) is 24.8. The Morgan fingerprint density at radius 2 is 1.51 bits per heavy atom. The number of aliphatic carboxylic acids is 1. The molecule has 0 saturated heterocycles. The van der Waals surface area contributed by atoms with Gasteiger partial charge in [-0.1, -0.05) is 83.9 Å². The predicted molar refractivity (Wildman–Crippen MR) is 170 cm³/mol. The largest absolute Gasteiger partial charge is 0.489 e. The number of benzene rings is 4. The van der Waals surface area contributed by atoms with Crippen LogP contribution in [0.2, 0.25) is 0 Å². The van der Waals surface area contributed by atoms with Crippen LogP contribution in [0, 0.1) is 13.8 Å². The summed E-state index contributed by atoms with van der Waals surface area (Å²) in [6, 6.07) is 29.8. The molecule has 1 heterocycles. The van der Waals surface area contributed by atoms with E-state index in [1.54, 1.807) is 0 Å². The van der Waals surface area contributed by atoms with Crippen LogP contribution in [0.1, 0.15) is 39.8 Å². The Morgan fingerprint density at radius 1 is 0.837 bits per heavy atom. The molecule has 0 amide bonds.